The van der Waals surface area contributed by atoms with Crippen molar-refractivity contribution in [1.29, 1.82) is 0 Å². The molecule has 0 spiro atoms. The molecule has 0 saturated carbocycles. The van der Waals surface area contributed by atoms with Gasteiger partial charge in [-0.1, -0.05) is 0 Å². The Kier molecular flexibility index (Phi) is 3.95. The molecular formula is C9H5F7S. The molecule has 0 radical (unpaired) electrons. The summed E-state index contributed by atoms with van der Waals surface area (Å²) >= 11 is 0.378. The van der Waals surface area contributed by atoms with Crippen molar-refractivity contribution < 1.29 is 30.7 Å². The minimum absolute atomic E-state index is 0.378. The number of thioether (sulfide) groups is 1. The van der Waals surface area contributed by atoms with Gasteiger partial charge in [0.1, 0.15) is 0 Å². The predicted molar refractivity (Wildman–Crippen MR) is 47.8 cm³/mol. The molecule has 0 aliphatic heterocycles. The molecule has 0 aromatic heterocycles. The Hall–Kier alpha value is -0.920. The van der Waals surface area contributed by atoms with Crippen LogP contribution in [0, 0.1) is 23.3 Å². The van der Waals surface area contributed by atoms with Crippen LogP contribution in [0.3, 0.4) is 0 Å². The topological polar surface area (TPSA) is 0 Å². The van der Waals surface area contributed by atoms with Crippen LogP contribution >= 0.6 is 11.8 Å². The van der Waals surface area contributed by atoms with Gasteiger partial charge in [-0.3, -0.25) is 0 Å². The second-order valence-electron chi connectivity index (χ2n) is 3.06. The minimum atomic E-state index is -4.85. The lowest BCUT2D eigenvalue weighted by Gasteiger charge is -2.13. The van der Waals surface area contributed by atoms with Crippen molar-refractivity contribution in [1.82, 2.24) is 0 Å². The van der Waals surface area contributed by atoms with E-state index >= 15 is 0 Å². The SMILES string of the molecule is CSc1c(F)c(F)c(F)c(F)c1CC(F)(F)F. The molecule has 0 atom stereocenters. The van der Waals surface area contributed by atoms with Gasteiger partial charge in [0.25, 0.3) is 0 Å². The van der Waals surface area contributed by atoms with Crippen molar-refractivity contribution in [2.45, 2.75) is 17.5 Å². The Bertz CT molecular complexity index is 438. The van der Waals surface area contributed by atoms with Gasteiger partial charge >= 0.3 is 6.18 Å². The zero-order valence-corrected chi connectivity index (χ0v) is 9.08. The average Bonchev–Trinajstić information content (AvgIpc) is 2.22. The summed E-state index contributed by atoms with van der Waals surface area (Å²) in [6.07, 6.45) is -5.57. The lowest BCUT2D eigenvalue weighted by molar-refractivity contribution is -0.128. The van der Waals surface area contributed by atoms with Gasteiger partial charge in [0.15, 0.2) is 23.3 Å². The highest BCUT2D eigenvalue weighted by atomic mass is 32.2. The monoisotopic (exact) mass is 278 g/mol. The Morgan fingerprint density at radius 1 is 0.882 bits per heavy atom. The van der Waals surface area contributed by atoms with Crippen molar-refractivity contribution >= 4 is 11.8 Å². The summed E-state index contributed by atoms with van der Waals surface area (Å²) in [6, 6.07) is 0. The van der Waals surface area contributed by atoms with Gasteiger partial charge < -0.3 is 0 Å². The van der Waals surface area contributed by atoms with Crippen molar-refractivity contribution in [2.24, 2.45) is 0 Å². The second kappa shape index (κ2) is 4.75. The largest absolute Gasteiger partial charge is 0.393 e. The van der Waals surface area contributed by atoms with E-state index < -0.39 is 46.3 Å². The Morgan fingerprint density at radius 2 is 1.35 bits per heavy atom. The van der Waals surface area contributed by atoms with Gasteiger partial charge in [-0.15, -0.1) is 11.8 Å². The van der Waals surface area contributed by atoms with E-state index in [1.807, 2.05) is 0 Å². The molecule has 0 saturated heterocycles. The normalized spacial score (nSPS) is 12.0. The molecule has 0 aliphatic rings. The number of alkyl halides is 3. The van der Waals surface area contributed by atoms with E-state index in [0.717, 1.165) is 6.26 Å². The summed E-state index contributed by atoms with van der Waals surface area (Å²) in [7, 11) is 0. The molecule has 0 fully saturated rings. The van der Waals surface area contributed by atoms with Crippen LogP contribution in [0.25, 0.3) is 0 Å². The van der Waals surface area contributed by atoms with Crippen molar-refractivity contribution in [3.8, 4) is 0 Å². The summed E-state index contributed by atoms with van der Waals surface area (Å²) in [5.41, 5.74) is -1.22. The molecule has 17 heavy (non-hydrogen) atoms. The van der Waals surface area contributed by atoms with E-state index in [1.165, 1.54) is 0 Å². The summed E-state index contributed by atoms with van der Waals surface area (Å²) in [5.74, 6) is -8.17. The summed E-state index contributed by atoms with van der Waals surface area (Å²) < 4.78 is 88.0. The quantitative estimate of drug-likeness (QED) is 0.340. The van der Waals surface area contributed by atoms with Gasteiger partial charge in [-0.05, 0) is 6.26 Å². The van der Waals surface area contributed by atoms with Crippen LogP contribution in [0.1, 0.15) is 5.56 Å². The molecule has 0 heterocycles. The first-order valence-electron chi connectivity index (χ1n) is 4.14. The molecule has 1 aromatic carbocycles. The van der Waals surface area contributed by atoms with E-state index in [1.54, 1.807) is 0 Å². The number of benzene rings is 1. The zero-order valence-electron chi connectivity index (χ0n) is 8.26. The maximum Gasteiger partial charge on any atom is 0.393 e. The lowest BCUT2D eigenvalue weighted by Crippen LogP contribution is -2.16. The van der Waals surface area contributed by atoms with Gasteiger partial charge in [0, 0.05) is 5.56 Å². The Labute approximate surface area is 95.8 Å². The van der Waals surface area contributed by atoms with Crippen LogP contribution in [0.15, 0.2) is 4.90 Å². The molecule has 0 N–H and O–H groups in total. The fraction of sp³-hybridized carbons (Fsp3) is 0.333. The summed E-state index contributed by atoms with van der Waals surface area (Å²) in [6.45, 7) is 0. The highest BCUT2D eigenvalue weighted by Gasteiger charge is 2.34. The summed E-state index contributed by atoms with van der Waals surface area (Å²) in [5, 5.41) is 0. The molecule has 0 aliphatic carbocycles. The van der Waals surface area contributed by atoms with E-state index in [-0.39, 0.29) is 0 Å². The highest BCUT2D eigenvalue weighted by Crippen LogP contribution is 2.34. The van der Waals surface area contributed by atoms with Crippen LogP contribution in [-0.2, 0) is 6.42 Å². The highest BCUT2D eigenvalue weighted by molar-refractivity contribution is 7.98. The van der Waals surface area contributed by atoms with Crippen LogP contribution < -0.4 is 0 Å². The number of hydrogen-bond donors (Lipinski definition) is 0. The summed E-state index contributed by atoms with van der Waals surface area (Å²) in [4.78, 5) is -0.876. The maximum atomic E-state index is 13.1. The van der Waals surface area contributed by atoms with E-state index in [2.05, 4.69) is 0 Å². The molecular weight excluding hydrogens is 273 g/mol. The van der Waals surface area contributed by atoms with Gasteiger partial charge in [-0.25, -0.2) is 17.6 Å². The molecule has 0 bridgehead atoms. The first kappa shape index (κ1) is 14.1. The van der Waals surface area contributed by atoms with Crippen molar-refractivity contribution in [3.63, 3.8) is 0 Å². The van der Waals surface area contributed by atoms with E-state index in [9.17, 15) is 30.7 Å². The first-order chi connectivity index (χ1) is 7.69. The van der Waals surface area contributed by atoms with E-state index in [0.29, 0.717) is 11.8 Å². The van der Waals surface area contributed by atoms with Gasteiger partial charge in [-0.2, -0.15) is 13.2 Å². The van der Waals surface area contributed by atoms with Crippen LogP contribution in [0.2, 0.25) is 0 Å². The predicted octanol–water partition coefficient (Wildman–Crippen LogP) is 4.07. The molecule has 1 rings (SSSR count). The fourth-order valence-electron chi connectivity index (χ4n) is 1.23. The molecule has 0 unspecified atom stereocenters. The maximum absolute atomic E-state index is 13.1. The standard InChI is InChI=1S/C9H5F7S/c1-17-8-3(2-9(14,15)16)4(10)5(11)6(12)7(8)13/h2H2,1H3. The molecule has 0 nitrogen and oxygen atoms in total. The van der Waals surface area contributed by atoms with Crippen LogP contribution in [0.5, 0.6) is 0 Å². The van der Waals surface area contributed by atoms with Gasteiger partial charge in [0.05, 0.1) is 11.3 Å². The fourth-order valence-corrected chi connectivity index (χ4v) is 1.91. The first-order valence-corrected chi connectivity index (χ1v) is 5.37. The molecule has 8 heteroatoms. The lowest BCUT2D eigenvalue weighted by atomic mass is 10.1. The van der Waals surface area contributed by atoms with E-state index in [4.69, 9.17) is 0 Å². The third kappa shape index (κ3) is 2.85. The number of halogens is 7. The van der Waals surface area contributed by atoms with Crippen LogP contribution in [0.4, 0.5) is 30.7 Å². The van der Waals surface area contributed by atoms with Crippen LogP contribution in [-0.4, -0.2) is 12.4 Å². The third-order valence-corrected chi connectivity index (χ3v) is 2.73. The zero-order chi connectivity index (χ0) is 13.4. The van der Waals surface area contributed by atoms with Crippen molar-refractivity contribution in [3.05, 3.63) is 28.8 Å². The third-order valence-electron chi connectivity index (χ3n) is 1.90. The minimum Gasteiger partial charge on any atom is -0.203 e. The average molecular weight is 278 g/mol. The Morgan fingerprint density at radius 3 is 1.76 bits per heavy atom. The smallest absolute Gasteiger partial charge is 0.203 e. The second-order valence-corrected chi connectivity index (χ2v) is 3.88. The molecule has 96 valence electrons. The van der Waals surface area contributed by atoms with Gasteiger partial charge in [0.2, 0.25) is 0 Å². The Balaban J connectivity index is 3.47. The molecule has 0 amide bonds. The number of hydrogen-bond acceptors (Lipinski definition) is 1. The molecule has 1 aromatic rings. The van der Waals surface area contributed by atoms with Crippen molar-refractivity contribution in [2.75, 3.05) is 6.26 Å². The number of rotatable bonds is 2.